The Bertz CT molecular complexity index is 1200. The smallest absolute Gasteiger partial charge is 0.266 e. The summed E-state index contributed by atoms with van der Waals surface area (Å²) >= 11 is 14.0. The number of carbonyl (C=O) groups is 1. The van der Waals surface area contributed by atoms with Crippen LogP contribution in [0.3, 0.4) is 0 Å². The Morgan fingerprint density at radius 2 is 2.00 bits per heavy atom. The highest BCUT2D eigenvalue weighted by atomic mass is 35.5. The lowest BCUT2D eigenvalue weighted by molar-refractivity contribution is 0.0686. The molecule has 0 spiro atoms. The summed E-state index contributed by atoms with van der Waals surface area (Å²) in [5.74, 6) is -0.173. The SMILES string of the molecule is Cc1ccc2c(Cl)c(C(=O)N(Cc3cccc(Cl)c3)[C@@H]3CCS(=O)(=O)C3)sc2c1. The number of fused-ring (bicyclic) bond motifs is 1. The normalized spacial score (nSPS) is 18.2. The number of thiophene rings is 1. The highest BCUT2D eigenvalue weighted by molar-refractivity contribution is 7.91. The summed E-state index contributed by atoms with van der Waals surface area (Å²) in [7, 11) is -3.15. The van der Waals surface area contributed by atoms with Crippen LogP contribution in [0.25, 0.3) is 10.1 Å². The van der Waals surface area contributed by atoms with E-state index in [4.69, 9.17) is 23.2 Å². The number of hydrogen-bond donors (Lipinski definition) is 0. The average molecular weight is 468 g/mol. The van der Waals surface area contributed by atoms with E-state index < -0.39 is 9.84 Å². The minimum absolute atomic E-state index is 0.0269. The van der Waals surface area contributed by atoms with Gasteiger partial charge in [-0.15, -0.1) is 11.3 Å². The lowest BCUT2D eigenvalue weighted by atomic mass is 10.1. The number of hydrogen-bond acceptors (Lipinski definition) is 4. The van der Waals surface area contributed by atoms with Crippen molar-refractivity contribution in [3.05, 3.63) is 68.5 Å². The second-order valence-electron chi connectivity index (χ2n) is 7.36. The van der Waals surface area contributed by atoms with Crippen LogP contribution < -0.4 is 0 Å². The predicted molar refractivity (Wildman–Crippen MR) is 120 cm³/mol. The van der Waals surface area contributed by atoms with Gasteiger partial charge < -0.3 is 4.90 Å². The van der Waals surface area contributed by atoms with Gasteiger partial charge in [0.15, 0.2) is 9.84 Å². The highest BCUT2D eigenvalue weighted by Gasteiger charge is 2.36. The van der Waals surface area contributed by atoms with Crippen LogP contribution in [0.5, 0.6) is 0 Å². The first-order valence-corrected chi connectivity index (χ1v) is 12.6. The van der Waals surface area contributed by atoms with E-state index in [0.29, 0.717) is 21.3 Å². The Hall–Kier alpha value is -1.60. The van der Waals surface area contributed by atoms with Crippen LogP contribution in [0.4, 0.5) is 0 Å². The molecule has 1 saturated heterocycles. The number of amides is 1. The van der Waals surface area contributed by atoms with Gasteiger partial charge in [-0.1, -0.05) is 47.5 Å². The zero-order valence-corrected chi connectivity index (χ0v) is 18.8. The lowest BCUT2D eigenvalue weighted by Crippen LogP contribution is -2.40. The van der Waals surface area contributed by atoms with Crippen molar-refractivity contribution < 1.29 is 13.2 Å². The maximum atomic E-state index is 13.5. The third-order valence-electron chi connectivity index (χ3n) is 5.13. The van der Waals surface area contributed by atoms with Crippen molar-refractivity contribution >= 4 is 60.4 Å². The largest absolute Gasteiger partial charge is 0.330 e. The Kier molecular flexibility index (Phi) is 5.64. The van der Waals surface area contributed by atoms with Gasteiger partial charge in [-0.2, -0.15) is 0 Å². The quantitative estimate of drug-likeness (QED) is 0.519. The molecule has 1 aromatic heterocycles. The van der Waals surface area contributed by atoms with Crippen molar-refractivity contribution in [2.75, 3.05) is 11.5 Å². The molecule has 0 saturated carbocycles. The highest BCUT2D eigenvalue weighted by Crippen LogP contribution is 2.37. The molecule has 1 aliphatic heterocycles. The van der Waals surface area contributed by atoms with E-state index in [9.17, 15) is 13.2 Å². The van der Waals surface area contributed by atoms with E-state index in [1.165, 1.54) is 11.3 Å². The second-order valence-corrected chi connectivity index (χ2v) is 11.5. The van der Waals surface area contributed by atoms with Crippen molar-refractivity contribution in [1.82, 2.24) is 4.90 Å². The minimum atomic E-state index is -3.15. The minimum Gasteiger partial charge on any atom is -0.330 e. The summed E-state index contributed by atoms with van der Waals surface area (Å²) in [5, 5.41) is 1.84. The van der Waals surface area contributed by atoms with E-state index >= 15 is 0 Å². The fraction of sp³-hybridized carbons (Fsp3) is 0.286. The van der Waals surface area contributed by atoms with Crippen molar-refractivity contribution in [2.24, 2.45) is 0 Å². The number of carbonyl (C=O) groups excluding carboxylic acids is 1. The molecule has 1 aliphatic rings. The summed E-state index contributed by atoms with van der Waals surface area (Å²) in [6.45, 7) is 2.27. The van der Waals surface area contributed by atoms with Gasteiger partial charge in [-0.3, -0.25) is 4.79 Å². The first-order valence-electron chi connectivity index (χ1n) is 9.18. The molecule has 0 unspecified atom stereocenters. The van der Waals surface area contributed by atoms with Crippen LogP contribution in [0.2, 0.25) is 10.0 Å². The monoisotopic (exact) mass is 467 g/mol. The first-order chi connectivity index (χ1) is 13.7. The molecular formula is C21H19Cl2NO3S2. The summed E-state index contributed by atoms with van der Waals surface area (Å²) in [6, 6.07) is 12.8. The molecule has 2 heterocycles. The van der Waals surface area contributed by atoms with Gasteiger partial charge >= 0.3 is 0 Å². The Balaban J connectivity index is 1.74. The molecular weight excluding hydrogens is 449 g/mol. The van der Waals surface area contributed by atoms with Gasteiger partial charge in [0.05, 0.1) is 16.5 Å². The third-order valence-corrected chi connectivity index (χ3v) is 8.76. The van der Waals surface area contributed by atoms with Crippen LogP contribution in [-0.2, 0) is 16.4 Å². The molecule has 152 valence electrons. The fourth-order valence-corrected chi connectivity index (χ4v) is 7.17. The Morgan fingerprint density at radius 1 is 1.21 bits per heavy atom. The molecule has 0 aliphatic carbocycles. The van der Waals surface area contributed by atoms with Crippen LogP contribution in [0.1, 0.15) is 27.2 Å². The summed E-state index contributed by atoms with van der Waals surface area (Å²) < 4.78 is 25.1. The van der Waals surface area contributed by atoms with Gasteiger partial charge in [0.1, 0.15) is 4.88 Å². The molecule has 0 radical (unpaired) electrons. The Labute approximate surface area is 184 Å². The van der Waals surface area contributed by atoms with E-state index in [2.05, 4.69) is 0 Å². The third kappa shape index (κ3) is 4.31. The van der Waals surface area contributed by atoms with E-state index in [1.807, 2.05) is 37.3 Å². The average Bonchev–Trinajstić information content (AvgIpc) is 3.18. The fourth-order valence-electron chi connectivity index (χ4n) is 3.66. The van der Waals surface area contributed by atoms with Crippen LogP contribution in [0.15, 0.2) is 42.5 Å². The summed E-state index contributed by atoms with van der Waals surface area (Å²) in [4.78, 5) is 15.6. The molecule has 1 fully saturated rings. The molecule has 0 bridgehead atoms. The molecule has 1 atom stereocenters. The van der Waals surface area contributed by atoms with Crippen molar-refractivity contribution in [1.29, 1.82) is 0 Å². The standard InChI is InChI=1S/C21H19Cl2NO3S2/c1-13-5-6-17-18(9-13)28-20(19(17)23)21(25)24(16-7-8-29(26,27)12-16)11-14-3-2-4-15(22)10-14/h2-6,9-10,16H,7-8,11-12H2,1H3/t16-/m1/s1. The number of nitrogens with zero attached hydrogens (tertiary/aromatic N) is 1. The summed E-state index contributed by atoms with van der Waals surface area (Å²) in [6.07, 6.45) is 0.427. The van der Waals surface area contributed by atoms with Crippen molar-refractivity contribution in [3.63, 3.8) is 0 Å². The molecule has 8 heteroatoms. The number of aryl methyl sites for hydroxylation is 1. The summed E-state index contributed by atoms with van der Waals surface area (Å²) in [5.41, 5.74) is 1.94. The van der Waals surface area contributed by atoms with Crippen molar-refractivity contribution in [2.45, 2.75) is 25.9 Å². The number of benzene rings is 2. The molecule has 4 nitrogen and oxygen atoms in total. The van der Waals surface area contributed by atoms with Gasteiger partial charge in [-0.25, -0.2) is 8.42 Å². The molecule has 3 aromatic rings. The lowest BCUT2D eigenvalue weighted by Gasteiger charge is -2.28. The maximum Gasteiger partial charge on any atom is 0.266 e. The van der Waals surface area contributed by atoms with E-state index in [1.54, 1.807) is 17.0 Å². The van der Waals surface area contributed by atoms with Crippen LogP contribution in [-0.4, -0.2) is 36.8 Å². The van der Waals surface area contributed by atoms with Crippen LogP contribution in [0, 0.1) is 6.92 Å². The van der Waals surface area contributed by atoms with E-state index in [0.717, 1.165) is 21.2 Å². The molecule has 2 aromatic carbocycles. The topological polar surface area (TPSA) is 54.5 Å². The zero-order valence-electron chi connectivity index (χ0n) is 15.7. The number of halogens is 2. The number of sulfone groups is 1. The molecule has 29 heavy (non-hydrogen) atoms. The van der Waals surface area contributed by atoms with Crippen molar-refractivity contribution in [3.8, 4) is 0 Å². The molecule has 4 rings (SSSR count). The van der Waals surface area contributed by atoms with Gasteiger partial charge in [0.25, 0.3) is 5.91 Å². The number of rotatable bonds is 4. The van der Waals surface area contributed by atoms with Gasteiger partial charge in [0, 0.05) is 27.7 Å². The van der Waals surface area contributed by atoms with Crippen LogP contribution >= 0.6 is 34.5 Å². The molecule has 1 amide bonds. The maximum absolute atomic E-state index is 13.5. The van der Waals surface area contributed by atoms with Gasteiger partial charge in [-0.05, 0) is 42.7 Å². The Morgan fingerprint density at radius 3 is 2.69 bits per heavy atom. The first kappa shape index (κ1) is 20.7. The predicted octanol–water partition coefficient (Wildman–Crippen LogP) is 5.35. The second kappa shape index (κ2) is 7.91. The zero-order chi connectivity index (χ0) is 20.8. The van der Waals surface area contributed by atoms with Gasteiger partial charge in [0.2, 0.25) is 0 Å². The van der Waals surface area contributed by atoms with E-state index in [-0.39, 0.29) is 30.0 Å². The molecule has 0 N–H and O–H groups in total.